The molecule has 0 aliphatic carbocycles. The topological polar surface area (TPSA) is 61.4 Å². The van der Waals surface area contributed by atoms with E-state index in [0.29, 0.717) is 6.54 Å². The van der Waals surface area contributed by atoms with Crippen molar-refractivity contribution in [1.29, 1.82) is 0 Å². The van der Waals surface area contributed by atoms with Crippen molar-refractivity contribution in [2.24, 2.45) is 5.92 Å². The molecule has 2 aromatic carbocycles. The van der Waals surface area contributed by atoms with Gasteiger partial charge in [0.1, 0.15) is 0 Å². The van der Waals surface area contributed by atoms with Gasteiger partial charge in [-0.1, -0.05) is 68.4 Å². The molecule has 22 heavy (non-hydrogen) atoms. The predicted octanol–water partition coefficient (Wildman–Crippen LogP) is 2.97. The summed E-state index contributed by atoms with van der Waals surface area (Å²) in [6.07, 6.45) is 0. The third-order valence-electron chi connectivity index (χ3n) is 3.65. The van der Waals surface area contributed by atoms with E-state index in [-0.39, 0.29) is 5.92 Å². The largest absolute Gasteiger partial charge is 0.301 e. The molecular formula is C18H22N2O2. The van der Waals surface area contributed by atoms with Gasteiger partial charge in [-0.2, -0.15) is 0 Å². The number of carbonyl (C=O) groups excluding carboxylic acids is 1. The lowest BCUT2D eigenvalue weighted by Gasteiger charge is -2.20. The van der Waals surface area contributed by atoms with E-state index in [1.807, 2.05) is 44.2 Å². The summed E-state index contributed by atoms with van der Waals surface area (Å²) in [5, 5.41) is 11.9. The molecule has 0 radical (unpaired) electrons. The first kappa shape index (κ1) is 16.2. The van der Waals surface area contributed by atoms with Gasteiger partial charge in [-0.15, -0.1) is 0 Å². The van der Waals surface area contributed by atoms with Gasteiger partial charge in [-0.25, -0.2) is 5.48 Å². The summed E-state index contributed by atoms with van der Waals surface area (Å²) >= 11 is 0. The van der Waals surface area contributed by atoms with Gasteiger partial charge in [-0.3, -0.25) is 10.0 Å². The molecule has 0 fully saturated rings. The minimum absolute atomic E-state index is 0.0933. The van der Waals surface area contributed by atoms with Gasteiger partial charge >= 0.3 is 0 Å². The molecule has 0 saturated heterocycles. The number of rotatable bonds is 6. The first-order valence-corrected chi connectivity index (χ1v) is 7.43. The molecule has 1 amide bonds. The highest BCUT2D eigenvalue weighted by atomic mass is 16.5. The Kier molecular flexibility index (Phi) is 5.69. The van der Waals surface area contributed by atoms with Crippen molar-refractivity contribution in [1.82, 2.24) is 10.8 Å². The summed E-state index contributed by atoms with van der Waals surface area (Å²) in [7, 11) is 0. The van der Waals surface area contributed by atoms with E-state index in [2.05, 4.69) is 29.6 Å². The van der Waals surface area contributed by atoms with Crippen molar-refractivity contribution in [2.75, 3.05) is 0 Å². The SMILES string of the molecule is CC(C)C(NCc1ccc(-c2ccccc2)cc1)C(=O)NO. The number of amides is 1. The minimum atomic E-state index is -0.418. The number of benzene rings is 2. The minimum Gasteiger partial charge on any atom is -0.301 e. The Labute approximate surface area is 131 Å². The Balaban J connectivity index is 2.01. The molecule has 1 unspecified atom stereocenters. The summed E-state index contributed by atoms with van der Waals surface area (Å²) in [6, 6.07) is 18.0. The zero-order valence-electron chi connectivity index (χ0n) is 12.9. The van der Waals surface area contributed by atoms with Crippen LogP contribution in [0.5, 0.6) is 0 Å². The highest BCUT2D eigenvalue weighted by Crippen LogP contribution is 2.19. The van der Waals surface area contributed by atoms with Crippen LogP contribution in [-0.2, 0) is 11.3 Å². The van der Waals surface area contributed by atoms with Crippen molar-refractivity contribution in [2.45, 2.75) is 26.4 Å². The average Bonchev–Trinajstić information content (AvgIpc) is 2.56. The zero-order chi connectivity index (χ0) is 15.9. The van der Waals surface area contributed by atoms with Gasteiger partial charge in [0, 0.05) is 6.54 Å². The molecule has 0 bridgehead atoms. The van der Waals surface area contributed by atoms with E-state index in [1.54, 1.807) is 5.48 Å². The molecule has 0 aliphatic heterocycles. The lowest BCUT2D eigenvalue weighted by atomic mass is 10.0. The number of hydroxylamine groups is 1. The lowest BCUT2D eigenvalue weighted by molar-refractivity contribution is -0.132. The van der Waals surface area contributed by atoms with Crippen LogP contribution >= 0.6 is 0 Å². The molecule has 0 heterocycles. The molecule has 3 N–H and O–H groups in total. The second-order valence-electron chi connectivity index (χ2n) is 5.64. The highest BCUT2D eigenvalue weighted by molar-refractivity contribution is 5.80. The van der Waals surface area contributed by atoms with Crippen LogP contribution in [0.25, 0.3) is 11.1 Å². The van der Waals surface area contributed by atoms with Crippen molar-refractivity contribution >= 4 is 5.91 Å². The fraction of sp³-hybridized carbons (Fsp3) is 0.278. The average molecular weight is 298 g/mol. The van der Waals surface area contributed by atoms with E-state index in [9.17, 15) is 4.79 Å². The summed E-state index contributed by atoms with van der Waals surface area (Å²) in [6.45, 7) is 4.45. The molecule has 4 nitrogen and oxygen atoms in total. The lowest BCUT2D eigenvalue weighted by Crippen LogP contribution is -2.46. The normalized spacial score (nSPS) is 12.2. The fourth-order valence-electron chi connectivity index (χ4n) is 2.37. The quantitative estimate of drug-likeness (QED) is 0.567. The van der Waals surface area contributed by atoms with Crippen molar-refractivity contribution in [3.63, 3.8) is 0 Å². The molecule has 0 saturated carbocycles. The summed E-state index contributed by atoms with van der Waals surface area (Å²) < 4.78 is 0. The Morgan fingerprint density at radius 2 is 1.59 bits per heavy atom. The molecule has 2 aromatic rings. The van der Waals surface area contributed by atoms with Crippen LogP contribution in [0.2, 0.25) is 0 Å². The van der Waals surface area contributed by atoms with E-state index < -0.39 is 11.9 Å². The van der Waals surface area contributed by atoms with Crippen LogP contribution in [-0.4, -0.2) is 17.2 Å². The summed E-state index contributed by atoms with van der Waals surface area (Å²) in [5.74, 6) is -0.313. The third kappa shape index (κ3) is 4.16. The van der Waals surface area contributed by atoms with Crippen LogP contribution in [0.3, 0.4) is 0 Å². The maximum Gasteiger partial charge on any atom is 0.260 e. The van der Waals surface area contributed by atoms with Crippen LogP contribution in [0, 0.1) is 5.92 Å². The first-order valence-electron chi connectivity index (χ1n) is 7.43. The van der Waals surface area contributed by atoms with Crippen LogP contribution in [0.1, 0.15) is 19.4 Å². The van der Waals surface area contributed by atoms with E-state index in [4.69, 9.17) is 5.21 Å². The number of hydrogen-bond donors (Lipinski definition) is 3. The van der Waals surface area contributed by atoms with Crippen LogP contribution in [0.15, 0.2) is 54.6 Å². The van der Waals surface area contributed by atoms with Gasteiger partial charge in [0.15, 0.2) is 0 Å². The summed E-state index contributed by atoms with van der Waals surface area (Å²) in [5.41, 5.74) is 5.15. The molecule has 2 rings (SSSR count). The van der Waals surface area contributed by atoms with Gasteiger partial charge in [0.2, 0.25) is 0 Å². The summed E-state index contributed by atoms with van der Waals surface area (Å²) in [4.78, 5) is 11.6. The monoisotopic (exact) mass is 298 g/mol. The van der Waals surface area contributed by atoms with Crippen LogP contribution < -0.4 is 10.8 Å². The van der Waals surface area contributed by atoms with Crippen molar-refractivity contribution in [3.8, 4) is 11.1 Å². The van der Waals surface area contributed by atoms with Gasteiger partial charge in [0.25, 0.3) is 5.91 Å². The van der Waals surface area contributed by atoms with E-state index in [0.717, 1.165) is 11.1 Å². The maximum atomic E-state index is 11.6. The predicted molar refractivity (Wildman–Crippen MR) is 87.3 cm³/mol. The Bertz CT molecular complexity index is 594. The molecule has 116 valence electrons. The molecule has 1 atom stereocenters. The maximum absolute atomic E-state index is 11.6. The van der Waals surface area contributed by atoms with Gasteiger partial charge in [-0.05, 0) is 22.6 Å². The molecule has 4 heteroatoms. The molecular weight excluding hydrogens is 276 g/mol. The Morgan fingerprint density at radius 1 is 1.00 bits per heavy atom. The molecule has 0 aromatic heterocycles. The highest BCUT2D eigenvalue weighted by Gasteiger charge is 2.20. The first-order chi connectivity index (χ1) is 10.6. The standard InChI is InChI=1S/C18H22N2O2/c1-13(2)17(18(21)20-22)19-12-14-8-10-16(11-9-14)15-6-4-3-5-7-15/h3-11,13,17,19,22H,12H2,1-2H3,(H,20,21). The number of nitrogens with one attached hydrogen (secondary N) is 2. The Hall–Kier alpha value is -2.17. The zero-order valence-corrected chi connectivity index (χ0v) is 12.9. The molecule has 0 spiro atoms. The smallest absolute Gasteiger partial charge is 0.260 e. The van der Waals surface area contributed by atoms with E-state index in [1.165, 1.54) is 5.56 Å². The van der Waals surface area contributed by atoms with Crippen LogP contribution in [0.4, 0.5) is 0 Å². The Morgan fingerprint density at radius 3 is 2.14 bits per heavy atom. The fourth-order valence-corrected chi connectivity index (χ4v) is 2.37. The number of carbonyl (C=O) groups is 1. The molecule has 0 aliphatic rings. The van der Waals surface area contributed by atoms with Gasteiger partial charge < -0.3 is 5.32 Å². The van der Waals surface area contributed by atoms with Crippen molar-refractivity contribution in [3.05, 3.63) is 60.2 Å². The van der Waals surface area contributed by atoms with Gasteiger partial charge in [0.05, 0.1) is 6.04 Å². The second-order valence-corrected chi connectivity index (χ2v) is 5.64. The van der Waals surface area contributed by atoms with Crippen molar-refractivity contribution < 1.29 is 10.0 Å². The van der Waals surface area contributed by atoms with E-state index >= 15 is 0 Å². The third-order valence-corrected chi connectivity index (χ3v) is 3.65. The number of hydrogen-bond acceptors (Lipinski definition) is 3. The second kappa shape index (κ2) is 7.73.